The Bertz CT molecular complexity index is 1500. The number of rotatable bonds is 7. The Morgan fingerprint density at radius 1 is 1.08 bits per heavy atom. The summed E-state index contributed by atoms with van der Waals surface area (Å²) in [6.07, 6.45) is 5.83. The lowest BCUT2D eigenvalue weighted by molar-refractivity contribution is -0.0640. The van der Waals surface area contributed by atoms with Gasteiger partial charge in [0.1, 0.15) is 11.5 Å². The summed E-state index contributed by atoms with van der Waals surface area (Å²) < 4.78 is 12.1. The molecule has 2 saturated carbocycles. The van der Waals surface area contributed by atoms with E-state index >= 15 is 0 Å². The Kier molecular flexibility index (Phi) is 6.64. The highest BCUT2D eigenvalue weighted by Crippen LogP contribution is 2.46. The van der Waals surface area contributed by atoms with Crippen molar-refractivity contribution in [1.82, 2.24) is 10.1 Å². The standard InChI is InChI=1S/C29H26Cl2N2O5/c30-22-2-1-3-23(31)25(22)26-21(27(38-33-26)16-4-5-16)15-37-20-8-10-29(36,11-9-20)19-6-7-24-17(13-19)12-18(14-32-24)28(34)35/h1-3,6-7,12-14,16,20,36H,4-5,8-11,15H2,(H,34,35). The van der Waals surface area contributed by atoms with E-state index in [1.165, 1.54) is 6.20 Å². The van der Waals surface area contributed by atoms with Gasteiger partial charge in [-0.2, -0.15) is 0 Å². The number of carboxylic acid groups (broad SMARTS) is 1. The molecule has 2 fully saturated rings. The van der Waals surface area contributed by atoms with Gasteiger partial charge in [-0.25, -0.2) is 4.79 Å². The smallest absolute Gasteiger partial charge is 0.337 e. The lowest BCUT2D eigenvalue weighted by Gasteiger charge is -2.36. The van der Waals surface area contributed by atoms with Crippen LogP contribution in [0.15, 0.2) is 53.2 Å². The van der Waals surface area contributed by atoms with E-state index in [2.05, 4.69) is 10.1 Å². The number of hydrogen-bond acceptors (Lipinski definition) is 6. The molecule has 2 aliphatic carbocycles. The molecule has 6 rings (SSSR count). The van der Waals surface area contributed by atoms with Crippen LogP contribution < -0.4 is 0 Å². The number of ether oxygens (including phenoxy) is 1. The van der Waals surface area contributed by atoms with Crippen LogP contribution in [0, 0.1) is 0 Å². The third-order valence-electron chi connectivity index (χ3n) is 7.65. The molecule has 7 nitrogen and oxygen atoms in total. The highest BCUT2D eigenvalue weighted by molar-refractivity contribution is 6.39. The fourth-order valence-electron chi connectivity index (χ4n) is 5.31. The van der Waals surface area contributed by atoms with Crippen molar-refractivity contribution >= 4 is 40.1 Å². The van der Waals surface area contributed by atoms with E-state index in [4.69, 9.17) is 32.5 Å². The van der Waals surface area contributed by atoms with E-state index in [-0.39, 0.29) is 11.7 Å². The summed E-state index contributed by atoms with van der Waals surface area (Å²) in [6.45, 7) is 0.328. The summed E-state index contributed by atoms with van der Waals surface area (Å²) in [4.78, 5) is 15.6. The molecule has 196 valence electrons. The van der Waals surface area contributed by atoms with Gasteiger partial charge < -0.3 is 19.5 Å². The van der Waals surface area contributed by atoms with Gasteiger partial charge in [0, 0.05) is 28.6 Å². The molecule has 0 spiro atoms. The molecule has 4 aromatic rings. The largest absolute Gasteiger partial charge is 0.478 e. The van der Waals surface area contributed by atoms with Crippen molar-refractivity contribution in [1.29, 1.82) is 0 Å². The quantitative estimate of drug-likeness (QED) is 0.251. The van der Waals surface area contributed by atoms with E-state index < -0.39 is 11.6 Å². The maximum Gasteiger partial charge on any atom is 0.337 e. The molecule has 0 unspecified atom stereocenters. The van der Waals surface area contributed by atoms with Gasteiger partial charge in [0.05, 0.1) is 39.4 Å². The Labute approximate surface area is 229 Å². The second-order valence-electron chi connectivity index (χ2n) is 10.2. The molecule has 0 saturated heterocycles. The lowest BCUT2D eigenvalue weighted by atomic mass is 9.78. The van der Waals surface area contributed by atoms with E-state index in [1.54, 1.807) is 24.3 Å². The van der Waals surface area contributed by atoms with Gasteiger partial charge >= 0.3 is 5.97 Å². The van der Waals surface area contributed by atoms with Crippen molar-refractivity contribution in [2.45, 2.75) is 62.8 Å². The molecule has 2 aliphatic rings. The van der Waals surface area contributed by atoms with Crippen molar-refractivity contribution in [2.24, 2.45) is 0 Å². The van der Waals surface area contributed by atoms with Crippen molar-refractivity contribution in [3.8, 4) is 11.3 Å². The molecule has 0 radical (unpaired) electrons. The van der Waals surface area contributed by atoms with Crippen LogP contribution in [-0.4, -0.2) is 32.4 Å². The number of hydrogen-bond donors (Lipinski definition) is 2. The van der Waals surface area contributed by atoms with Crippen LogP contribution in [0.3, 0.4) is 0 Å². The minimum Gasteiger partial charge on any atom is -0.478 e. The predicted octanol–water partition coefficient (Wildman–Crippen LogP) is 7.12. The van der Waals surface area contributed by atoms with Gasteiger partial charge in [-0.05, 0) is 74.4 Å². The fraction of sp³-hybridized carbons (Fsp3) is 0.345. The number of aromatic carboxylic acids is 1. The average Bonchev–Trinajstić information content (AvgIpc) is 3.68. The molecule has 2 N–H and O–H groups in total. The van der Waals surface area contributed by atoms with Crippen molar-refractivity contribution < 1.29 is 24.3 Å². The molecular weight excluding hydrogens is 527 g/mol. The first-order chi connectivity index (χ1) is 18.3. The second-order valence-corrected chi connectivity index (χ2v) is 11.0. The first kappa shape index (κ1) is 25.3. The van der Waals surface area contributed by atoms with Gasteiger partial charge in [-0.15, -0.1) is 0 Å². The number of halogens is 2. The Hall–Kier alpha value is -2.97. The van der Waals surface area contributed by atoms with E-state index in [0.29, 0.717) is 70.4 Å². The third kappa shape index (κ3) is 4.80. The fourth-order valence-corrected chi connectivity index (χ4v) is 5.89. The van der Waals surface area contributed by atoms with Crippen molar-refractivity contribution in [3.63, 3.8) is 0 Å². The first-order valence-corrected chi connectivity index (χ1v) is 13.5. The SMILES string of the molecule is O=C(O)c1cnc2ccc(C3(O)CCC(OCc4c(-c5c(Cl)cccc5Cl)noc4C4CC4)CC3)cc2c1. The van der Waals surface area contributed by atoms with E-state index in [0.717, 1.165) is 29.7 Å². The summed E-state index contributed by atoms with van der Waals surface area (Å²) in [6, 6.07) is 12.5. The second kappa shape index (κ2) is 9.97. The van der Waals surface area contributed by atoms with Gasteiger partial charge in [-0.1, -0.05) is 40.5 Å². The molecule has 2 heterocycles. The van der Waals surface area contributed by atoms with Crippen molar-refractivity contribution in [2.75, 3.05) is 0 Å². The number of pyridine rings is 1. The number of fused-ring (bicyclic) bond motifs is 1. The summed E-state index contributed by atoms with van der Waals surface area (Å²) >= 11 is 12.9. The number of carboxylic acids is 1. The van der Waals surface area contributed by atoms with Crippen LogP contribution in [0.2, 0.25) is 10.0 Å². The summed E-state index contributed by atoms with van der Waals surface area (Å²) in [5.74, 6) is 0.157. The zero-order chi connectivity index (χ0) is 26.4. The monoisotopic (exact) mass is 552 g/mol. The predicted molar refractivity (Wildman–Crippen MR) is 144 cm³/mol. The number of aromatic nitrogens is 2. The summed E-state index contributed by atoms with van der Waals surface area (Å²) in [5.41, 5.74) is 2.72. The summed E-state index contributed by atoms with van der Waals surface area (Å²) in [7, 11) is 0. The highest BCUT2D eigenvalue weighted by atomic mass is 35.5. The number of benzene rings is 2. The molecular formula is C29H26Cl2N2O5. The van der Waals surface area contributed by atoms with Crippen molar-refractivity contribution in [3.05, 3.63) is 81.2 Å². The average molecular weight is 553 g/mol. The molecule has 0 aliphatic heterocycles. The van der Waals surface area contributed by atoms with Gasteiger partial charge in [0.15, 0.2) is 0 Å². The van der Waals surface area contributed by atoms with Crippen LogP contribution in [0.1, 0.15) is 71.7 Å². The van der Waals surface area contributed by atoms with E-state index in [9.17, 15) is 15.0 Å². The third-order valence-corrected chi connectivity index (χ3v) is 8.28. The maximum absolute atomic E-state index is 11.5. The van der Waals surface area contributed by atoms with Crippen LogP contribution >= 0.6 is 23.2 Å². The Morgan fingerprint density at radius 3 is 2.50 bits per heavy atom. The highest BCUT2D eigenvalue weighted by Gasteiger charge is 2.37. The van der Waals surface area contributed by atoms with Crippen LogP contribution in [0.4, 0.5) is 0 Å². The molecule has 2 aromatic heterocycles. The normalized spacial score (nSPS) is 21.6. The zero-order valence-corrected chi connectivity index (χ0v) is 22.0. The maximum atomic E-state index is 11.5. The van der Waals surface area contributed by atoms with E-state index in [1.807, 2.05) is 18.2 Å². The Balaban J connectivity index is 1.17. The molecule has 38 heavy (non-hydrogen) atoms. The zero-order valence-electron chi connectivity index (χ0n) is 20.5. The van der Waals surface area contributed by atoms with Gasteiger partial charge in [-0.3, -0.25) is 4.98 Å². The molecule has 9 heteroatoms. The molecule has 0 bridgehead atoms. The topological polar surface area (TPSA) is 106 Å². The number of nitrogens with zero attached hydrogens (tertiary/aromatic N) is 2. The summed E-state index contributed by atoms with van der Waals surface area (Å²) in [5, 5.41) is 26.8. The van der Waals surface area contributed by atoms with Gasteiger partial charge in [0.2, 0.25) is 0 Å². The molecule has 0 amide bonds. The van der Waals surface area contributed by atoms with Crippen LogP contribution in [-0.2, 0) is 16.9 Å². The minimum absolute atomic E-state index is 0.0347. The molecule has 0 atom stereocenters. The lowest BCUT2D eigenvalue weighted by Crippen LogP contribution is -2.34. The van der Waals surface area contributed by atoms with Crippen LogP contribution in [0.25, 0.3) is 22.2 Å². The molecule has 2 aromatic carbocycles. The first-order valence-electron chi connectivity index (χ1n) is 12.7. The van der Waals surface area contributed by atoms with Gasteiger partial charge in [0.25, 0.3) is 0 Å². The van der Waals surface area contributed by atoms with Crippen LogP contribution in [0.5, 0.6) is 0 Å². The number of carbonyl (C=O) groups is 1. The number of aliphatic hydroxyl groups is 1. The Morgan fingerprint density at radius 2 is 1.82 bits per heavy atom. The minimum atomic E-state index is -1.03.